The summed E-state index contributed by atoms with van der Waals surface area (Å²) in [6.45, 7) is -1.79. The van der Waals surface area contributed by atoms with Gasteiger partial charge in [-0.1, -0.05) is 12.1 Å². The number of nitrogens with one attached hydrogen (secondary N) is 2. The van der Waals surface area contributed by atoms with E-state index in [0.29, 0.717) is 5.69 Å². The lowest BCUT2D eigenvalue weighted by atomic mass is 10.3. The van der Waals surface area contributed by atoms with Gasteiger partial charge in [0, 0.05) is 4.90 Å². The van der Waals surface area contributed by atoms with Gasteiger partial charge in [0.2, 0.25) is 11.8 Å². The molecule has 23 heavy (non-hydrogen) atoms. The third-order valence-corrected chi connectivity index (χ3v) is 3.49. The fourth-order valence-corrected chi connectivity index (χ4v) is 2.29. The van der Waals surface area contributed by atoms with Crippen molar-refractivity contribution in [1.29, 1.82) is 0 Å². The van der Waals surface area contributed by atoms with Gasteiger partial charge in [-0.2, -0.15) is 13.2 Å². The Morgan fingerprint density at radius 1 is 1.17 bits per heavy atom. The number of carbonyl (C=O) groups is 2. The van der Waals surface area contributed by atoms with Gasteiger partial charge >= 0.3 is 6.18 Å². The quantitative estimate of drug-likeness (QED) is 0.739. The molecule has 0 spiro atoms. The molecule has 0 fully saturated rings. The number of benzene rings is 1. The number of rotatable bonds is 7. The average Bonchev–Trinajstić information content (AvgIpc) is 2.44. The third-order valence-electron chi connectivity index (χ3n) is 2.69. The number of hydrogen-bond acceptors (Lipinski definition) is 4. The minimum absolute atomic E-state index is 0.109. The molecule has 0 saturated carbocycles. The fraction of sp³-hybridized carbons (Fsp3) is 0.429. The van der Waals surface area contributed by atoms with E-state index in [9.17, 15) is 22.8 Å². The van der Waals surface area contributed by atoms with Crippen molar-refractivity contribution in [1.82, 2.24) is 10.2 Å². The number of carbonyl (C=O) groups excluding carboxylic acids is 2. The minimum atomic E-state index is -4.45. The van der Waals surface area contributed by atoms with Crippen molar-refractivity contribution in [2.75, 3.05) is 38.3 Å². The van der Waals surface area contributed by atoms with E-state index >= 15 is 0 Å². The number of para-hydroxylation sites is 1. The number of hydrogen-bond donors (Lipinski definition) is 2. The molecule has 1 aromatic rings. The molecule has 2 N–H and O–H groups in total. The molecular weight excluding hydrogens is 331 g/mol. The molecule has 0 unspecified atom stereocenters. The zero-order valence-corrected chi connectivity index (χ0v) is 13.6. The van der Waals surface area contributed by atoms with Crippen LogP contribution in [0.25, 0.3) is 0 Å². The van der Waals surface area contributed by atoms with Gasteiger partial charge in [-0.05, 0) is 25.4 Å². The lowest BCUT2D eigenvalue weighted by Gasteiger charge is -2.17. The van der Waals surface area contributed by atoms with Crippen LogP contribution in [-0.4, -0.2) is 55.8 Å². The second-order valence-electron chi connectivity index (χ2n) is 4.81. The van der Waals surface area contributed by atoms with Crippen molar-refractivity contribution >= 4 is 29.3 Å². The van der Waals surface area contributed by atoms with Crippen molar-refractivity contribution in [3.8, 4) is 0 Å². The largest absolute Gasteiger partial charge is 0.405 e. The first-order chi connectivity index (χ1) is 10.7. The van der Waals surface area contributed by atoms with Gasteiger partial charge in [0.05, 0.1) is 18.8 Å². The van der Waals surface area contributed by atoms with Crippen LogP contribution in [0.15, 0.2) is 29.2 Å². The van der Waals surface area contributed by atoms with Crippen molar-refractivity contribution in [3.05, 3.63) is 24.3 Å². The predicted octanol–water partition coefficient (Wildman–Crippen LogP) is 1.96. The minimum Gasteiger partial charge on any atom is -0.346 e. The molecule has 0 atom stereocenters. The lowest BCUT2D eigenvalue weighted by molar-refractivity contribution is -0.139. The monoisotopic (exact) mass is 349 g/mol. The Hall–Kier alpha value is -1.74. The first-order valence-corrected chi connectivity index (χ1v) is 7.88. The maximum atomic E-state index is 12.0. The Kier molecular flexibility index (Phi) is 7.37. The van der Waals surface area contributed by atoms with Crippen LogP contribution in [0.5, 0.6) is 0 Å². The van der Waals surface area contributed by atoms with Crippen LogP contribution in [0.1, 0.15) is 0 Å². The van der Waals surface area contributed by atoms with Gasteiger partial charge < -0.3 is 10.6 Å². The Balaban J connectivity index is 2.43. The predicted molar refractivity (Wildman–Crippen MR) is 83.4 cm³/mol. The fourth-order valence-electron chi connectivity index (χ4n) is 1.74. The number of halogens is 3. The van der Waals surface area contributed by atoms with Crippen LogP contribution >= 0.6 is 11.8 Å². The van der Waals surface area contributed by atoms with Gasteiger partial charge in [-0.3, -0.25) is 14.5 Å². The zero-order chi connectivity index (χ0) is 17.5. The maximum Gasteiger partial charge on any atom is 0.405 e. The number of alkyl halides is 3. The summed E-state index contributed by atoms with van der Waals surface area (Å²) >= 11 is 1.48. The second kappa shape index (κ2) is 8.78. The van der Waals surface area contributed by atoms with Gasteiger partial charge in [-0.15, -0.1) is 11.8 Å². The first-order valence-electron chi connectivity index (χ1n) is 6.66. The third kappa shape index (κ3) is 7.89. The number of anilines is 1. The Bertz CT molecular complexity index is 552. The summed E-state index contributed by atoms with van der Waals surface area (Å²) < 4.78 is 35.9. The van der Waals surface area contributed by atoms with Crippen LogP contribution in [0.4, 0.5) is 18.9 Å². The van der Waals surface area contributed by atoms with E-state index in [-0.39, 0.29) is 19.0 Å². The molecule has 1 aromatic carbocycles. The highest BCUT2D eigenvalue weighted by Crippen LogP contribution is 2.24. The molecule has 0 heterocycles. The Morgan fingerprint density at radius 2 is 1.78 bits per heavy atom. The van der Waals surface area contributed by atoms with E-state index in [2.05, 4.69) is 5.32 Å². The number of amides is 2. The summed E-state index contributed by atoms with van der Waals surface area (Å²) in [6.07, 6.45) is -2.57. The molecule has 128 valence electrons. The van der Waals surface area contributed by atoms with Crippen molar-refractivity contribution in [3.63, 3.8) is 0 Å². The summed E-state index contributed by atoms with van der Waals surface area (Å²) in [4.78, 5) is 25.5. The van der Waals surface area contributed by atoms with Gasteiger partial charge in [0.15, 0.2) is 0 Å². The van der Waals surface area contributed by atoms with Crippen LogP contribution < -0.4 is 10.6 Å². The van der Waals surface area contributed by atoms with Crippen molar-refractivity contribution in [2.45, 2.75) is 11.1 Å². The number of likely N-dealkylation sites (N-methyl/N-ethyl adjacent to an activating group) is 1. The standard InChI is InChI=1S/C14H18F3N3O2S/c1-20(7-12(21)18-9-14(15,16)17)8-13(22)19-10-5-3-4-6-11(10)23-2/h3-6H,7-9H2,1-2H3,(H,18,21)(H,19,22). The molecule has 0 aromatic heterocycles. The first kappa shape index (κ1) is 19.3. The zero-order valence-electron chi connectivity index (χ0n) is 12.7. The molecular formula is C14H18F3N3O2S. The van der Waals surface area contributed by atoms with Crippen LogP contribution in [0.3, 0.4) is 0 Å². The lowest BCUT2D eigenvalue weighted by Crippen LogP contribution is -2.42. The van der Waals surface area contributed by atoms with E-state index in [1.165, 1.54) is 23.7 Å². The number of nitrogens with zero attached hydrogens (tertiary/aromatic N) is 1. The molecule has 0 bridgehead atoms. The molecule has 1 rings (SSSR count). The Labute approximate surface area is 136 Å². The Morgan fingerprint density at radius 3 is 2.39 bits per heavy atom. The second-order valence-corrected chi connectivity index (χ2v) is 5.66. The molecule has 0 saturated heterocycles. The summed E-state index contributed by atoms with van der Waals surface area (Å²) in [6, 6.07) is 7.23. The molecule has 0 aliphatic rings. The summed E-state index contributed by atoms with van der Waals surface area (Å²) in [5.41, 5.74) is 0.653. The molecule has 5 nitrogen and oxygen atoms in total. The average molecular weight is 349 g/mol. The van der Waals surface area contributed by atoms with Crippen molar-refractivity contribution in [2.24, 2.45) is 0 Å². The highest BCUT2D eigenvalue weighted by molar-refractivity contribution is 7.98. The molecule has 2 amide bonds. The SMILES string of the molecule is CSc1ccccc1NC(=O)CN(C)CC(=O)NCC(F)(F)F. The molecule has 0 aliphatic heterocycles. The maximum absolute atomic E-state index is 12.0. The highest BCUT2D eigenvalue weighted by atomic mass is 32.2. The topological polar surface area (TPSA) is 61.4 Å². The summed E-state index contributed by atoms with van der Waals surface area (Å²) in [7, 11) is 1.48. The van der Waals surface area contributed by atoms with Crippen LogP contribution in [-0.2, 0) is 9.59 Å². The van der Waals surface area contributed by atoms with E-state index in [4.69, 9.17) is 0 Å². The van der Waals surface area contributed by atoms with E-state index in [0.717, 1.165) is 4.90 Å². The smallest absolute Gasteiger partial charge is 0.346 e. The highest BCUT2D eigenvalue weighted by Gasteiger charge is 2.27. The van der Waals surface area contributed by atoms with Crippen LogP contribution in [0, 0.1) is 0 Å². The summed E-state index contributed by atoms with van der Waals surface area (Å²) in [5, 5.41) is 4.46. The summed E-state index contributed by atoms with van der Waals surface area (Å²) in [5.74, 6) is -1.14. The van der Waals surface area contributed by atoms with E-state index in [1.807, 2.05) is 18.4 Å². The number of thioether (sulfide) groups is 1. The van der Waals surface area contributed by atoms with Gasteiger partial charge in [-0.25, -0.2) is 0 Å². The molecule has 9 heteroatoms. The van der Waals surface area contributed by atoms with E-state index < -0.39 is 18.6 Å². The molecule has 0 aliphatic carbocycles. The van der Waals surface area contributed by atoms with Gasteiger partial charge in [0.25, 0.3) is 0 Å². The van der Waals surface area contributed by atoms with Crippen LogP contribution in [0.2, 0.25) is 0 Å². The van der Waals surface area contributed by atoms with E-state index in [1.54, 1.807) is 17.4 Å². The molecule has 0 radical (unpaired) electrons. The normalized spacial score (nSPS) is 11.4. The van der Waals surface area contributed by atoms with Crippen molar-refractivity contribution < 1.29 is 22.8 Å². The van der Waals surface area contributed by atoms with Gasteiger partial charge in [0.1, 0.15) is 6.54 Å².